The van der Waals surface area contributed by atoms with Gasteiger partial charge >= 0.3 is 0 Å². The Kier molecular flexibility index (Phi) is 7.20. The number of benzene rings is 1. The highest BCUT2D eigenvalue weighted by molar-refractivity contribution is 8.06. The van der Waals surface area contributed by atoms with Gasteiger partial charge in [-0.2, -0.15) is 0 Å². The van der Waals surface area contributed by atoms with E-state index in [0.29, 0.717) is 0 Å². The second-order valence-corrected chi connectivity index (χ2v) is 11.0. The molecule has 1 N–H and O–H groups in total. The van der Waals surface area contributed by atoms with E-state index in [1.807, 2.05) is 6.92 Å². The number of rotatable bonds is 6. The van der Waals surface area contributed by atoms with Crippen LogP contribution < -0.4 is 0 Å². The minimum atomic E-state index is -3.50. The van der Waals surface area contributed by atoms with E-state index in [-0.39, 0.29) is 34.7 Å². The number of aliphatic imine (C=N–C) groups is 1. The van der Waals surface area contributed by atoms with Crippen LogP contribution in [0.4, 0.5) is 0 Å². The Morgan fingerprint density at radius 2 is 1.90 bits per heavy atom. The molecule has 0 aromatic heterocycles. The molecule has 0 saturated heterocycles. The number of ether oxygens (including phenoxy) is 1. The molecule has 0 radical (unpaired) electrons. The number of dihydropyridines is 1. The SMILES string of the molecule is C[C@H](C/C(=N\O)OC1C=CC(S(C)(=O)=O)=NC1)c1ccc(S(=O)(=O)N(C)C)cc1. The van der Waals surface area contributed by atoms with Crippen molar-refractivity contribution < 1.29 is 26.8 Å². The first-order valence-corrected chi connectivity index (χ1v) is 12.1. The maximum absolute atomic E-state index is 12.1. The van der Waals surface area contributed by atoms with Crippen LogP contribution in [0.5, 0.6) is 0 Å². The van der Waals surface area contributed by atoms with Crippen LogP contribution in [0.1, 0.15) is 24.8 Å². The minimum absolute atomic E-state index is 0.0130. The van der Waals surface area contributed by atoms with Gasteiger partial charge in [-0.15, -0.1) is 0 Å². The Balaban J connectivity index is 2.02. The van der Waals surface area contributed by atoms with Crippen LogP contribution in [0.3, 0.4) is 0 Å². The number of oxime groups is 1. The molecule has 1 aliphatic heterocycles. The van der Waals surface area contributed by atoms with Gasteiger partial charge in [0.2, 0.25) is 15.9 Å². The topological polar surface area (TPSA) is 126 Å². The molecule has 0 bridgehead atoms. The van der Waals surface area contributed by atoms with Gasteiger partial charge in [-0.05, 0) is 35.8 Å². The van der Waals surface area contributed by atoms with Gasteiger partial charge in [0.15, 0.2) is 9.84 Å². The van der Waals surface area contributed by atoms with Crippen LogP contribution in [-0.2, 0) is 24.6 Å². The molecule has 1 unspecified atom stereocenters. The quantitative estimate of drug-likeness (QED) is 0.308. The molecule has 0 spiro atoms. The Morgan fingerprint density at radius 1 is 1.28 bits per heavy atom. The van der Waals surface area contributed by atoms with Gasteiger partial charge < -0.3 is 9.94 Å². The van der Waals surface area contributed by atoms with Crippen molar-refractivity contribution in [2.45, 2.75) is 30.3 Å². The van der Waals surface area contributed by atoms with Crippen LogP contribution in [0.2, 0.25) is 0 Å². The van der Waals surface area contributed by atoms with Crippen molar-refractivity contribution in [1.29, 1.82) is 0 Å². The van der Waals surface area contributed by atoms with Crippen molar-refractivity contribution in [3.63, 3.8) is 0 Å². The minimum Gasteiger partial charge on any atom is -0.469 e. The first kappa shape index (κ1) is 23.0. The van der Waals surface area contributed by atoms with Gasteiger partial charge in [0.1, 0.15) is 11.1 Å². The molecule has 0 saturated carbocycles. The highest BCUT2D eigenvalue weighted by Crippen LogP contribution is 2.23. The van der Waals surface area contributed by atoms with Crippen LogP contribution >= 0.6 is 0 Å². The Morgan fingerprint density at radius 3 is 2.34 bits per heavy atom. The lowest BCUT2D eigenvalue weighted by Gasteiger charge is -2.20. The van der Waals surface area contributed by atoms with Crippen molar-refractivity contribution in [3.05, 3.63) is 42.0 Å². The summed E-state index contributed by atoms with van der Waals surface area (Å²) >= 11 is 0. The van der Waals surface area contributed by atoms with E-state index in [1.165, 1.54) is 32.3 Å². The van der Waals surface area contributed by atoms with Crippen molar-refractivity contribution in [2.75, 3.05) is 26.9 Å². The monoisotopic (exact) mass is 443 g/mol. The van der Waals surface area contributed by atoms with Gasteiger partial charge in [0, 0.05) is 26.8 Å². The lowest BCUT2D eigenvalue weighted by atomic mass is 9.98. The zero-order chi connectivity index (χ0) is 21.8. The molecule has 0 amide bonds. The van der Waals surface area contributed by atoms with Gasteiger partial charge in [0.05, 0.1) is 11.4 Å². The van der Waals surface area contributed by atoms with Crippen molar-refractivity contribution in [3.8, 4) is 0 Å². The molecule has 160 valence electrons. The zero-order valence-corrected chi connectivity index (χ0v) is 18.3. The van der Waals surface area contributed by atoms with Crippen molar-refractivity contribution >= 4 is 30.8 Å². The van der Waals surface area contributed by atoms with E-state index in [9.17, 15) is 22.0 Å². The van der Waals surface area contributed by atoms with Gasteiger partial charge in [-0.1, -0.05) is 24.2 Å². The third-order valence-electron chi connectivity index (χ3n) is 4.37. The summed E-state index contributed by atoms with van der Waals surface area (Å²) in [5, 5.41) is 12.4. The molecule has 1 aliphatic rings. The maximum Gasteiger partial charge on any atom is 0.242 e. The predicted octanol–water partition coefficient (Wildman–Crippen LogP) is 1.62. The average molecular weight is 444 g/mol. The molecule has 1 heterocycles. The van der Waals surface area contributed by atoms with Crippen molar-refractivity contribution in [2.24, 2.45) is 10.1 Å². The second kappa shape index (κ2) is 9.06. The van der Waals surface area contributed by atoms with Crippen LogP contribution in [-0.4, -0.2) is 70.3 Å². The summed E-state index contributed by atoms with van der Waals surface area (Å²) in [6, 6.07) is 6.48. The van der Waals surface area contributed by atoms with Crippen molar-refractivity contribution in [1.82, 2.24) is 4.31 Å². The summed E-state index contributed by atoms with van der Waals surface area (Å²) in [6.07, 6.45) is 3.73. The van der Waals surface area contributed by atoms with Gasteiger partial charge in [-0.3, -0.25) is 4.99 Å². The summed E-state index contributed by atoms with van der Waals surface area (Å²) in [7, 11) is -3.94. The van der Waals surface area contributed by atoms with Crippen LogP contribution in [0, 0.1) is 0 Å². The molecule has 1 aromatic carbocycles. The molecule has 2 atom stereocenters. The first-order valence-electron chi connectivity index (χ1n) is 8.78. The lowest BCUT2D eigenvalue weighted by molar-refractivity contribution is 0.207. The normalized spacial score (nSPS) is 19.1. The van der Waals surface area contributed by atoms with Crippen LogP contribution in [0.25, 0.3) is 0 Å². The molecule has 29 heavy (non-hydrogen) atoms. The summed E-state index contributed by atoms with van der Waals surface area (Å²) < 4.78 is 54.0. The standard InChI is InChI=1S/C18H25N3O6S2/c1-13(14-5-8-16(9-6-14)29(25,26)21(2)3)11-17(20-22)27-15-7-10-18(19-12-15)28(4,23)24/h5-10,13,15,22H,11-12H2,1-4H3/b20-17+/t13-,15?/m1/s1. The van der Waals surface area contributed by atoms with E-state index in [0.717, 1.165) is 16.1 Å². The third kappa shape index (κ3) is 5.87. The predicted molar refractivity (Wildman–Crippen MR) is 111 cm³/mol. The highest BCUT2D eigenvalue weighted by atomic mass is 32.2. The Hall–Kier alpha value is -2.24. The number of hydrogen-bond acceptors (Lipinski definition) is 8. The fourth-order valence-corrected chi connectivity index (χ4v) is 4.18. The highest BCUT2D eigenvalue weighted by Gasteiger charge is 2.21. The Bertz CT molecular complexity index is 1030. The molecule has 0 fully saturated rings. The van der Waals surface area contributed by atoms with Gasteiger partial charge in [-0.25, -0.2) is 21.1 Å². The number of sulfone groups is 1. The third-order valence-corrected chi connectivity index (χ3v) is 7.22. The van der Waals surface area contributed by atoms with E-state index in [4.69, 9.17) is 4.74 Å². The number of nitrogens with zero attached hydrogens (tertiary/aromatic N) is 3. The van der Waals surface area contributed by atoms with E-state index < -0.39 is 26.0 Å². The summed E-state index contributed by atoms with van der Waals surface area (Å²) in [4.78, 5) is 4.17. The summed E-state index contributed by atoms with van der Waals surface area (Å²) in [5.41, 5.74) is 0.851. The zero-order valence-electron chi connectivity index (χ0n) is 16.7. The van der Waals surface area contributed by atoms with Crippen LogP contribution in [0.15, 0.2) is 51.5 Å². The molecule has 2 rings (SSSR count). The molecule has 1 aromatic rings. The number of hydrogen-bond donors (Lipinski definition) is 1. The number of sulfonamides is 1. The summed E-state index contributed by atoms with van der Waals surface area (Å²) in [6.45, 7) is 1.99. The lowest BCUT2D eigenvalue weighted by Crippen LogP contribution is -2.25. The fraction of sp³-hybridized carbons (Fsp3) is 0.444. The van der Waals surface area contributed by atoms with E-state index in [1.54, 1.807) is 18.2 Å². The second-order valence-electron chi connectivity index (χ2n) is 6.92. The Labute approximate surface area is 171 Å². The molecular weight excluding hydrogens is 418 g/mol. The fourth-order valence-electron chi connectivity index (χ4n) is 2.65. The molecule has 0 aliphatic carbocycles. The smallest absolute Gasteiger partial charge is 0.242 e. The largest absolute Gasteiger partial charge is 0.469 e. The maximum atomic E-state index is 12.1. The summed E-state index contributed by atoms with van der Waals surface area (Å²) in [5.74, 6) is -0.0326. The molecular formula is C18H25N3O6S2. The van der Waals surface area contributed by atoms with E-state index in [2.05, 4.69) is 10.1 Å². The van der Waals surface area contributed by atoms with Gasteiger partial charge in [0.25, 0.3) is 0 Å². The first-order chi connectivity index (χ1) is 13.4. The molecule has 11 heteroatoms. The molecule has 9 nitrogen and oxygen atoms in total. The average Bonchev–Trinajstić information content (AvgIpc) is 2.67. The van der Waals surface area contributed by atoms with E-state index >= 15 is 0 Å².